The summed E-state index contributed by atoms with van der Waals surface area (Å²) in [5, 5.41) is 6.60. The number of carbonyl (C=O) groups is 1. The molecule has 0 spiro atoms. The number of hydrogen-bond acceptors (Lipinski definition) is 5. The summed E-state index contributed by atoms with van der Waals surface area (Å²) in [6.45, 7) is 8.80. The second-order valence-corrected chi connectivity index (χ2v) is 6.98. The van der Waals surface area contributed by atoms with Gasteiger partial charge in [-0.25, -0.2) is 4.98 Å². The van der Waals surface area contributed by atoms with Crippen LogP contribution in [0.4, 0.5) is 0 Å². The van der Waals surface area contributed by atoms with Crippen molar-refractivity contribution in [3.05, 3.63) is 33.1 Å². The fourth-order valence-corrected chi connectivity index (χ4v) is 3.98. The van der Waals surface area contributed by atoms with Gasteiger partial charge in [0.2, 0.25) is 0 Å². The SMILES string of the molecule is Cc1noc(C)c1C1CCCN1C(=O)c1nc(C(C)C)cs1. The van der Waals surface area contributed by atoms with Crippen molar-refractivity contribution >= 4 is 17.2 Å². The summed E-state index contributed by atoms with van der Waals surface area (Å²) in [4.78, 5) is 19.3. The van der Waals surface area contributed by atoms with Crippen LogP contribution < -0.4 is 0 Å². The molecule has 3 rings (SSSR count). The van der Waals surface area contributed by atoms with Crippen LogP contribution >= 0.6 is 11.3 Å². The maximum atomic E-state index is 12.8. The molecule has 6 heteroatoms. The molecule has 1 aliphatic rings. The lowest BCUT2D eigenvalue weighted by Crippen LogP contribution is -2.31. The number of amides is 1. The fraction of sp³-hybridized carbons (Fsp3) is 0.562. The first-order valence-corrected chi connectivity index (χ1v) is 8.56. The number of rotatable bonds is 3. The van der Waals surface area contributed by atoms with E-state index in [1.54, 1.807) is 0 Å². The van der Waals surface area contributed by atoms with Crippen LogP contribution in [0.2, 0.25) is 0 Å². The Morgan fingerprint density at radius 3 is 2.82 bits per heavy atom. The summed E-state index contributed by atoms with van der Waals surface area (Å²) in [6, 6.07) is 0.0603. The Labute approximate surface area is 134 Å². The number of carbonyl (C=O) groups excluding carboxylic acids is 1. The van der Waals surface area contributed by atoms with Gasteiger partial charge in [-0.3, -0.25) is 4.79 Å². The molecule has 2 aromatic rings. The van der Waals surface area contributed by atoms with Crippen molar-refractivity contribution in [1.82, 2.24) is 15.0 Å². The summed E-state index contributed by atoms with van der Waals surface area (Å²) in [5.41, 5.74) is 2.93. The first-order chi connectivity index (χ1) is 10.5. The third kappa shape index (κ3) is 2.56. The van der Waals surface area contributed by atoms with E-state index in [0.29, 0.717) is 10.9 Å². The van der Waals surface area contributed by atoms with E-state index in [2.05, 4.69) is 24.0 Å². The van der Waals surface area contributed by atoms with Crippen LogP contribution in [0, 0.1) is 13.8 Å². The van der Waals surface area contributed by atoms with Crippen LogP contribution in [0.25, 0.3) is 0 Å². The van der Waals surface area contributed by atoms with E-state index < -0.39 is 0 Å². The fourth-order valence-electron chi connectivity index (χ4n) is 3.05. The molecule has 1 fully saturated rings. The first kappa shape index (κ1) is 15.2. The van der Waals surface area contributed by atoms with Crippen molar-refractivity contribution in [3.63, 3.8) is 0 Å². The number of nitrogens with zero attached hydrogens (tertiary/aromatic N) is 3. The zero-order valence-electron chi connectivity index (χ0n) is 13.4. The van der Waals surface area contributed by atoms with E-state index in [4.69, 9.17) is 4.52 Å². The van der Waals surface area contributed by atoms with Crippen LogP contribution in [-0.2, 0) is 0 Å². The van der Waals surface area contributed by atoms with Gasteiger partial charge < -0.3 is 9.42 Å². The van der Waals surface area contributed by atoms with E-state index in [-0.39, 0.29) is 11.9 Å². The van der Waals surface area contributed by atoms with E-state index in [9.17, 15) is 4.79 Å². The van der Waals surface area contributed by atoms with Crippen LogP contribution in [0.3, 0.4) is 0 Å². The average Bonchev–Trinajstić information content (AvgIpc) is 3.18. The monoisotopic (exact) mass is 319 g/mol. The van der Waals surface area contributed by atoms with Gasteiger partial charge in [-0.2, -0.15) is 0 Å². The average molecular weight is 319 g/mol. The Kier molecular flexibility index (Phi) is 4.04. The number of hydrogen-bond donors (Lipinski definition) is 0. The number of thiazole rings is 1. The van der Waals surface area contributed by atoms with Gasteiger partial charge in [0.25, 0.3) is 5.91 Å². The molecule has 118 valence electrons. The maximum absolute atomic E-state index is 12.8. The van der Waals surface area contributed by atoms with E-state index in [0.717, 1.165) is 42.1 Å². The Bertz CT molecular complexity index is 670. The molecule has 0 saturated carbocycles. The second-order valence-electron chi connectivity index (χ2n) is 6.13. The van der Waals surface area contributed by atoms with Crippen LogP contribution in [-0.4, -0.2) is 27.5 Å². The minimum absolute atomic E-state index is 0.0272. The highest BCUT2D eigenvalue weighted by atomic mass is 32.1. The third-order valence-corrected chi connectivity index (χ3v) is 5.08. The number of aryl methyl sites for hydroxylation is 2. The zero-order chi connectivity index (χ0) is 15.9. The Morgan fingerprint density at radius 2 is 2.23 bits per heavy atom. The first-order valence-electron chi connectivity index (χ1n) is 7.68. The molecule has 0 bridgehead atoms. The van der Waals surface area contributed by atoms with Crippen molar-refractivity contribution in [2.24, 2.45) is 0 Å². The van der Waals surface area contributed by atoms with Gasteiger partial charge in [0, 0.05) is 17.5 Å². The predicted molar refractivity (Wildman–Crippen MR) is 85.2 cm³/mol. The maximum Gasteiger partial charge on any atom is 0.283 e. The normalized spacial score (nSPS) is 18.4. The van der Waals surface area contributed by atoms with Crippen molar-refractivity contribution in [2.45, 2.75) is 52.5 Å². The van der Waals surface area contributed by atoms with E-state index in [1.165, 1.54) is 11.3 Å². The molecule has 1 unspecified atom stereocenters. The van der Waals surface area contributed by atoms with Crippen LogP contribution in [0.15, 0.2) is 9.90 Å². The predicted octanol–water partition coefficient (Wildman–Crippen LogP) is 3.85. The molecule has 0 aliphatic carbocycles. The Morgan fingerprint density at radius 1 is 1.45 bits per heavy atom. The molecule has 5 nitrogen and oxygen atoms in total. The molecule has 0 radical (unpaired) electrons. The quantitative estimate of drug-likeness (QED) is 0.862. The summed E-state index contributed by atoms with van der Waals surface area (Å²) in [5.74, 6) is 1.18. The highest BCUT2D eigenvalue weighted by molar-refractivity contribution is 7.11. The van der Waals surface area contributed by atoms with Crippen molar-refractivity contribution in [3.8, 4) is 0 Å². The lowest BCUT2D eigenvalue weighted by atomic mass is 10.0. The lowest BCUT2D eigenvalue weighted by molar-refractivity contribution is 0.0734. The van der Waals surface area contributed by atoms with Crippen molar-refractivity contribution in [1.29, 1.82) is 0 Å². The van der Waals surface area contributed by atoms with Gasteiger partial charge >= 0.3 is 0 Å². The van der Waals surface area contributed by atoms with Gasteiger partial charge in [-0.15, -0.1) is 11.3 Å². The minimum Gasteiger partial charge on any atom is -0.361 e. The molecular formula is C16H21N3O2S. The standard InChI is InChI=1S/C16H21N3O2S/c1-9(2)12-8-22-15(17-12)16(20)19-7-5-6-13(19)14-10(3)18-21-11(14)4/h8-9,13H,5-7H2,1-4H3. The molecule has 0 N–H and O–H groups in total. The van der Waals surface area contributed by atoms with Gasteiger partial charge in [0.05, 0.1) is 17.4 Å². The highest BCUT2D eigenvalue weighted by Gasteiger charge is 2.35. The van der Waals surface area contributed by atoms with Gasteiger partial charge in [-0.1, -0.05) is 19.0 Å². The molecule has 1 amide bonds. The summed E-state index contributed by atoms with van der Waals surface area (Å²) < 4.78 is 5.28. The molecule has 22 heavy (non-hydrogen) atoms. The second kappa shape index (κ2) is 5.83. The van der Waals surface area contributed by atoms with E-state index >= 15 is 0 Å². The third-order valence-electron chi connectivity index (χ3n) is 4.23. The zero-order valence-corrected chi connectivity index (χ0v) is 14.2. The van der Waals surface area contributed by atoms with Gasteiger partial charge in [0.1, 0.15) is 5.76 Å². The highest BCUT2D eigenvalue weighted by Crippen LogP contribution is 2.36. The lowest BCUT2D eigenvalue weighted by Gasteiger charge is -2.23. The van der Waals surface area contributed by atoms with Crippen molar-refractivity contribution < 1.29 is 9.32 Å². The molecule has 1 saturated heterocycles. The molecule has 3 heterocycles. The minimum atomic E-state index is 0.0272. The Hall–Kier alpha value is -1.69. The number of aromatic nitrogens is 2. The summed E-state index contributed by atoms with van der Waals surface area (Å²) in [6.07, 6.45) is 1.96. The smallest absolute Gasteiger partial charge is 0.283 e. The molecule has 0 aromatic carbocycles. The largest absolute Gasteiger partial charge is 0.361 e. The number of likely N-dealkylation sites (tertiary alicyclic amines) is 1. The summed E-state index contributed by atoms with van der Waals surface area (Å²) in [7, 11) is 0. The Balaban J connectivity index is 1.88. The van der Waals surface area contributed by atoms with Gasteiger partial charge in [0.15, 0.2) is 5.01 Å². The molecule has 2 aromatic heterocycles. The van der Waals surface area contributed by atoms with Crippen LogP contribution in [0.5, 0.6) is 0 Å². The van der Waals surface area contributed by atoms with E-state index in [1.807, 2.05) is 24.1 Å². The van der Waals surface area contributed by atoms with Gasteiger partial charge in [-0.05, 0) is 32.6 Å². The summed E-state index contributed by atoms with van der Waals surface area (Å²) >= 11 is 1.44. The topological polar surface area (TPSA) is 59.2 Å². The molecular weight excluding hydrogens is 298 g/mol. The van der Waals surface area contributed by atoms with Crippen molar-refractivity contribution in [2.75, 3.05) is 6.54 Å². The molecule has 1 aliphatic heterocycles. The van der Waals surface area contributed by atoms with Crippen LogP contribution in [0.1, 0.15) is 71.2 Å². The molecule has 1 atom stereocenters.